The number of hydrogen-bond donors (Lipinski definition) is 1. The number of aromatic nitrogens is 2. The van der Waals surface area contributed by atoms with E-state index in [0.29, 0.717) is 0 Å². The van der Waals surface area contributed by atoms with Gasteiger partial charge in [-0.2, -0.15) is 5.10 Å². The Bertz CT molecular complexity index is 781. The van der Waals surface area contributed by atoms with Gasteiger partial charge in [0.1, 0.15) is 5.69 Å². The normalized spacial score (nSPS) is 11.1. The first-order chi connectivity index (χ1) is 10.3. The van der Waals surface area contributed by atoms with Gasteiger partial charge in [-0.05, 0) is 24.3 Å². The van der Waals surface area contributed by atoms with E-state index in [1.165, 1.54) is 6.21 Å². The number of para-hydroxylation sites is 1. The summed E-state index contributed by atoms with van der Waals surface area (Å²) in [4.78, 5) is 0. The number of rotatable bonds is 3. The lowest BCUT2D eigenvalue weighted by Crippen LogP contribution is -1.93. The van der Waals surface area contributed by atoms with Crippen LogP contribution in [0.25, 0.3) is 16.9 Å². The fourth-order valence-electron chi connectivity index (χ4n) is 2.12. The number of oxime groups is 1. The molecule has 21 heavy (non-hydrogen) atoms. The monoisotopic (exact) mass is 341 g/mol. The Kier molecular flexibility index (Phi) is 3.83. The third-order valence-corrected chi connectivity index (χ3v) is 3.55. The number of halogens is 1. The molecule has 0 saturated heterocycles. The number of hydrogen-bond acceptors (Lipinski definition) is 3. The Morgan fingerprint density at radius 1 is 1.10 bits per heavy atom. The summed E-state index contributed by atoms with van der Waals surface area (Å²) in [5.74, 6) is 0. The van der Waals surface area contributed by atoms with Crippen LogP contribution >= 0.6 is 15.9 Å². The summed E-state index contributed by atoms with van der Waals surface area (Å²) >= 11 is 3.46. The first-order valence-electron chi connectivity index (χ1n) is 6.36. The molecule has 1 N–H and O–H groups in total. The van der Waals surface area contributed by atoms with Gasteiger partial charge in [0.2, 0.25) is 0 Å². The Balaban J connectivity index is 2.14. The summed E-state index contributed by atoms with van der Waals surface area (Å²) in [5.41, 5.74) is 3.41. The second-order valence-electron chi connectivity index (χ2n) is 4.47. The SMILES string of the molecule is O/N=C\c1cn(-c2ccccc2)nc1-c1cccc(Br)c1. The summed E-state index contributed by atoms with van der Waals surface area (Å²) < 4.78 is 2.74. The summed E-state index contributed by atoms with van der Waals surface area (Å²) in [6.45, 7) is 0. The highest BCUT2D eigenvalue weighted by Gasteiger charge is 2.11. The van der Waals surface area contributed by atoms with E-state index >= 15 is 0 Å². The summed E-state index contributed by atoms with van der Waals surface area (Å²) in [6.07, 6.45) is 3.23. The first-order valence-corrected chi connectivity index (χ1v) is 7.15. The molecule has 5 heteroatoms. The van der Waals surface area contributed by atoms with Crippen molar-refractivity contribution in [3.63, 3.8) is 0 Å². The molecule has 4 nitrogen and oxygen atoms in total. The molecule has 0 unspecified atom stereocenters. The lowest BCUT2D eigenvalue weighted by molar-refractivity contribution is 0.322. The number of benzene rings is 2. The molecule has 0 aliphatic heterocycles. The summed E-state index contributed by atoms with van der Waals surface area (Å²) in [6, 6.07) is 17.7. The Morgan fingerprint density at radius 3 is 2.62 bits per heavy atom. The van der Waals surface area contributed by atoms with E-state index in [4.69, 9.17) is 5.21 Å². The van der Waals surface area contributed by atoms with Crippen LogP contribution in [0.3, 0.4) is 0 Å². The van der Waals surface area contributed by atoms with Crippen LogP contribution in [-0.4, -0.2) is 21.2 Å². The van der Waals surface area contributed by atoms with E-state index in [0.717, 1.165) is 27.0 Å². The van der Waals surface area contributed by atoms with Crippen LogP contribution < -0.4 is 0 Å². The fraction of sp³-hybridized carbons (Fsp3) is 0. The van der Waals surface area contributed by atoms with E-state index in [1.807, 2.05) is 60.8 Å². The average Bonchev–Trinajstić information content (AvgIpc) is 2.93. The van der Waals surface area contributed by atoms with Gasteiger partial charge in [0.05, 0.1) is 11.9 Å². The van der Waals surface area contributed by atoms with Gasteiger partial charge < -0.3 is 5.21 Å². The molecule has 0 amide bonds. The molecule has 0 radical (unpaired) electrons. The standard InChI is InChI=1S/C16H12BrN3O/c17-14-6-4-5-12(9-14)16-13(10-18-21)11-20(19-16)15-7-2-1-3-8-15/h1-11,21H/b18-10-. The molecule has 0 saturated carbocycles. The van der Waals surface area contributed by atoms with Gasteiger partial charge >= 0.3 is 0 Å². The molecular weight excluding hydrogens is 330 g/mol. The van der Waals surface area contributed by atoms with Crippen molar-refractivity contribution in [1.29, 1.82) is 0 Å². The minimum atomic E-state index is 0.749. The van der Waals surface area contributed by atoms with Crippen molar-refractivity contribution in [2.75, 3.05) is 0 Å². The molecule has 104 valence electrons. The van der Waals surface area contributed by atoms with Gasteiger partial charge in [0.25, 0.3) is 0 Å². The highest BCUT2D eigenvalue weighted by molar-refractivity contribution is 9.10. The van der Waals surface area contributed by atoms with E-state index in [2.05, 4.69) is 26.2 Å². The van der Waals surface area contributed by atoms with E-state index < -0.39 is 0 Å². The van der Waals surface area contributed by atoms with Crippen molar-refractivity contribution in [1.82, 2.24) is 9.78 Å². The fourth-order valence-corrected chi connectivity index (χ4v) is 2.52. The zero-order valence-corrected chi connectivity index (χ0v) is 12.6. The molecule has 0 aliphatic rings. The molecule has 0 aliphatic carbocycles. The van der Waals surface area contributed by atoms with Crippen molar-refractivity contribution < 1.29 is 5.21 Å². The van der Waals surface area contributed by atoms with E-state index in [1.54, 1.807) is 4.68 Å². The van der Waals surface area contributed by atoms with Crippen molar-refractivity contribution in [2.45, 2.75) is 0 Å². The van der Waals surface area contributed by atoms with Crippen LogP contribution in [-0.2, 0) is 0 Å². The first kappa shape index (κ1) is 13.6. The molecule has 0 atom stereocenters. The lowest BCUT2D eigenvalue weighted by Gasteiger charge is -2.01. The topological polar surface area (TPSA) is 50.4 Å². The maximum absolute atomic E-state index is 8.85. The maximum Gasteiger partial charge on any atom is 0.102 e. The van der Waals surface area contributed by atoms with E-state index in [-0.39, 0.29) is 0 Å². The molecule has 1 aromatic heterocycles. The molecule has 3 rings (SSSR count). The van der Waals surface area contributed by atoms with Crippen molar-refractivity contribution in [2.24, 2.45) is 5.16 Å². The Morgan fingerprint density at radius 2 is 1.90 bits per heavy atom. The van der Waals surface area contributed by atoms with Crippen LogP contribution in [0.1, 0.15) is 5.56 Å². The molecule has 0 fully saturated rings. The molecule has 0 spiro atoms. The molecule has 3 aromatic rings. The minimum Gasteiger partial charge on any atom is -0.411 e. The molecular formula is C16H12BrN3O. The van der Waals surface area contributed by atoms with Crippen LogP contribution in [0.5, 0.6) is 0 Å². The van der Waals surface area contributed by atoms with Gasteiger partial charge in [0.15, 0.2) is 0 Å². The molecule has 0 bridgehead atoms. The van der Waals surface area contributed by atoms with Crippen molar-refractivity contribution >= 4 is 22.1 Å². The quantitative estimate of drug-likeness (QED) is 0.442. The van der Waals surface area contributed by atoms with Crippen molar-refractivity contribution in [3.05, 3.63) is 70.8 Å². The third kappa shape index (κ3) is 2.87. The van der Waals surface area contributed by atoms with Crippen molar-refractivity contribution in [3.8, 4) is 16.9 Å². The maximum atomic E-state index is 8.85. The number of nitrogens with zero attached hydrogens (tertiary/aromatic N) is 3. The van der Waals surface area contributed by atoms with Gasteiger partial charge in [0, 0.05) is 21.8 Å². The second kappa shape index (κ2) is 5.93. The summed E-state index contributed by atoms with van der Waals surface area (Å²) in [5, 5.41) is 16.6. The lowest BCUT2D eigenvalue weighted by atomic mass is 10.1. The predicted octanol–water partition coefficient (Wildman–Crippen LogP) is 4.11. The predicted molar refractivity (Wildman–Crippen MR) is 86.1 cm³/mol. The van der Waals surface area contributed by atoms with Gasteiger partial charge in [-0.15, -0.1) is 0 Å². The third-order valence-electron chi connectivity index (χ3n) is 3.06. The Hall–Kier alpha value is -2.40. The molecule has 2 aromatic carbocycles. The zero-order valence-electron chi connectivity index (χ0n) is 11.0. The smallest absolute Gasteiger partial charge is 0.102 e. The van der Waals surface area contributed by atoms with Crippen LogP contribution in [0.2, 0.25) is 0 Å². The van der Waals surface area contributed by atoms with Gasteiger partial charge in [-0.1, -0.05) is 51.4 Å². The highest BCUT2D eigenvalue weighted by Crippen LogP contribution is 2.25. The molecule has 1 heterocycles. The average molecular weight is 342 g/mol. The van der Waals surface area contributed by atoms with E-state index in [9.17, 15) is 0 Å². The van der Waals surface area contributed by atoms with Crippen LogP contribution in [0.15, 0.2) is 70.4 Å². The van der Waals surface area contributed by atoms with Crippen LogP contribution in [0.4, 0.5) is 0 Å². The summed E-state index contributed by atoms with van der Waals surface area (Å²) in [7, 11) is 0. The highest BCUT2D eigenvalue weighted by atomic mass is 79.9. The minimum absolute atomic E-state index is 0.749. The largest absolute Gasteiger partial charge is 0.411 e. The van der Waals surface area contributed by atoms with Gasteiger partial charge in [-0.3, -0.25) is 0 Å². The Labute approximate surface area is 130 Å². The zero-order chi connectivity index (χ0) is 14.7. The second-order valence-corrected chi connectivity index (χ2v) is 5.38. The van der Waals surface area contributed by atoms with Gasteiger partial charge in [-0.25, -0.2) is 4.68 Å². The van der Waals surface area contributed by atoms with Crippen LogP contribution in [0, 0.1) is 0 Å².